The summed E-state index contributed by atoms with van der Waals surface area (Å²) in [6.07, 6.45) is 25.7. The topological polar surface area (TPSA) is 40.1 Å². The summed E-state index contributed by atoms with van der Waals surface area (Å²) in [7, 11) is 0. The average Bonchev–Trinajstić information content (AvgIpc) is 2.56. The van der Waals surface area contributed by atoms with Crippen LogP contribution in [0, 0.1) is 0 Å². The van der Waals surface area contributed by atoms with E-state index in [4.69, 9.17) is 0 Å². The van der Waals surface area contributed by atoms with Crippen molar-refractivity contribution in [2.24, 2.45) is 0 Å². The van der Waals surface area contributed by atoms with Gasteiger partial charge in [-0.2, -0.15) is 0 Å². The van der Waals surface area contributed by atoms with Crippen LogP contribution in [0.1, 0.15) is 135 Å². The number of carbonyl (C=O) groups is 1. The molecular formula is C22H43LiO2. The molecule has 25 heavy (non-hydrogen) atoms. The Hall–Kier alpha value is 0.0674. The fraction of sp³-hybridized carbons (Fsp3) is 0.955. The zero-order valence-corrected chi connectivity index (χ0v) is 17.5. The Balaban J connectivity index is 0. The maximum Gasteiger partial charge on any atom is 1.00 e. The number of hydrogen-bond donors (Lipinski definition) is 0. The van der Waals surface area contributed by atoms with Gasteiger partial charge in [0.05, 0.1) is 0 Å². The monoisotopic (exact) mass is 346 g/mol. The molecule has 0 amide bonds. The van der Waals surface area contributed by atoms with Gasteiger partial charge in [-0.15, -0.1) is 0 Å². The van der Waals surface area contributed by atoms with Crippen molar-refractivity contribution in [2.75, 3.05) is 0 Å². The van der Waals surface area contributed by atoms with E-state index >= 15 is 0 Å². The van der Waals surface area contributed by atoms with E-state index in [9.17, 15) is 9.90 Å². The summed E-state index contributed by atoms with van der Waals surface area (Å²) in [5.74, 6) is -0.901. The van der Waals surface area contributed by atoms with Gasteiger partial charge < -0.3 is 9.90 Å². The second-order valence-corrected chi connectivity index (χ2v) is 7.49. The van der Waals surface area contributed by atoms with Gasteiger partial charge in [0.15, 0.2) is 0 Å². The maximum absolute atomic E-state index is 10.3. The first-order chi connectivity index (χ1) is 11.8. The Labute approximate surface area is 170 Å². The molecule has 3 heteroatoms. The number of hydrogen-bond acceptors (Lipinski definition) is 2. The molecule has 0 bridgehead atoms. The van der Waals surface area contributed by atoms with E-state index in [1.807, 2.05) is 0 Å². The fourth-order valence-corrected chi connectivity index (χ4v) is 3.35. The van der Waals surface area contributed by atoms with E-state index in [1.165, 1.54) is 109 Å². The Morgan fingerprint density at radius 1 is 0.520 bits per heavy atom. The van der Waals surface area contributed by atoms with Crippen molar-refractivity contribution >= 4 is 5.97 Å². The van der Waals surface area contributed by atoms with Crippen LogP contribution in [0.25, 0.3) is 0 Å². The van der Waals surface area contributed by atoms with Crippen molar-refractivity contribution in [1.82, 2.24) is 0 Å². The average molecular weight is 347 g/mol. The second-order valence-electron chi connectivity index (χ2n) is 7.49. The molecular weight excluding hydrogens is 303 g/mol. The molecule has 0 radical (unpaired) electrons. The zero-order chi connectivity index (χ0) is 17.7. The number of carbonyl (C=O) groups excluding carboxylic acids is 1. The van der Waals surface area contributed by atoms with Gasteiger partial charge in [-0.1, -0.05) is 122 Å². The molecule has 0 aliphatic carbocycles. The Morgan fingerprint density at radius 2 is 0.760 bits per heavy atom. The van der Waals surface area contributed by atoms with Crippen LogP contribution in [-0.4, -0.2) is 5.97 Å². The van der Waals surface area contributed by atoms with Gasteiger partial charge in [-0.25, -0.2) is 0 Å². The van der Waals surface area contributed by atoms with Crippen molar-refractivity contribution in [3.63, 3.8) is 0 Å². The van der Waals surface area contributed by atoms with E-state index in [0.717, 1.165) is 12.8 Å². The fourth-order valence-electron chi connectivity index (χ4n) is 3.35. The molecule has 0 aromatic carbocycles. The maximum atomic E-state index is 10.3. The second kappa shape index (κ2) is 24.1. The molecule has 0 saturated heterocycles. The zero-order valence-electron chi connectivity index (χ0n) is 17.5. The smallest absolute Gasteiger partial charge is 0.550 e. The summed E-state index contributed by atoms with van der Waals surface area (Å²) in [5, 5.41) is 10.3. The molecule has 144 valence electrons. The van der Waals surface area contributed by atoms with Crippen LogP contribution in [0.4, 0.5) is 0 Å². The van der Waals surface area contributed by atoms with Crippen molar-refractivity contribution in [1.29, 1.82) is 0 Å². The molecule has 0 rings (SSSR count). The van der Waals surface area contributed by atoms with E-state index in [-0.39, 0.29) is 25.3 Å². The molecule has 0 aromatic rings. The van der Waals surface area contributed by atoms with Crippen LogP contribution < -0.4 is 24.0 Å². The van der Waals surface area contributed by atoms with Gasteiger partial charge in [0.25, 0.3) is 0 Å². The Morgan fingerprint density at radius 3 is 1.00 bits per heavy atom. The minimum Gasteiger partial charge on any atom is -0.550 e. The molecule has 0 atom stereocenters. The van der Waals surface area contributed by atoms with Gasteiger partial charge >= 0.3 is 18.9 Å². The summed E-state index contributed by atoms with van der Waals surface area (Å²) in [6, 6.07) is 0. The quantitative estimate of drug-likeness (QED) is 0.250. The molecule has 0 aliphatic heterocycles. The first-order valence-corrected chi connectivity index (χ1v) is 11.0. The van der Waals surface area contributed by atoms with Crippen LogP contribution >= 0.6 is 0 Å². The number of carboxylic acid groups (broad SMARTS) is 1. The molecule has 2 nitrogen and oxygen atoms in total. The van der Waals surface area contributed by atoms with Crippen LogP contribution in [0.2, 0.25) is 0 Å². The predicted molar refractivity (Wildman–Crippen MR) is 103 cm³/mol. The summed E-state index contributed by atoms with van der Waals surface area (Å²) in [5.41, 5.74) is 0. The van der Waals surface area contributed by atoms with E-state index in [1.54, 1.807) is 0 Å². The molecule has 0 saturated carbocycles. The van der Waals surface area contributed by atoms with Crippen molar-refractivity contribution in [3.8, 4) is 0 Å². The first-order valence-electron chi connectivity index (χ1n) is 11.0. The summed E-state index contributed by atoms with van der Waals surface area (Å²) < 4.78 is 0. The number of rotatable bonds is 20. The Bertz CT molecular complexity index is 256. The largest absolute Gasteiger partial charge is 1.00 e. The van der Waals surface area contributed by atoms with Crippen LogP contribution in [0.15, 0.2) is 0 Å². The minimum absolute atomic E-state index is 0. The van der Waals surface area contributed by atoms with E-state index in [2.05, 4.69) is 6.92 Å². The van der Waals surface area contributed by atoms with Crippen LogP contribution in [-0.2, 0) is 4.79 Å². The van der Waals surface area contributed by atoms with Crippen molar-refractivity contribution in [3.05, 3.63) is 0 Å². The van der Waals surface area contributed by atoms with Crippen molar-refractivity contribution < 1.29 is 28.8 Å². The predicted octanol–water partition coefficient (Wildman–Crippen LogP) is 3.56. The van der Waals surface area contributed by atoms with Gasteiger partial charge in [0.2, 0.25) is 0 Å². The molecule has 0 aliphatic rings. The molecule has 0 fully saturated rings. The van der Waals surface area contributed by atoms with Crippen molar-refractivity contribution in [2.45, 2.75) is 135 Å². The standard InChI is InChI=1S/C22H44O2.Li/c1-2-3-4-5-6-7-8-9-10-11-12-13-14-15-16-17-18-19-20-21-22(23)24;/h2-21H2,1H3,(H,23,24);/q;+1/p-1. The number of aliphatic carboxylic acids is 1. The minimum atomic E-state index is -0.901. The van der Waals surface area contributed by atoms with Gasteiger partial charge in [-0.3, -0.25) is 0 Å². The van der Waals surface area contributed by atoms with Gasteiger partial charge in [0, 0.05) is 5.97 Å². The van der Waals surface area contributed by atoms with Crippen LogP contribution in [0.3, 0.4) is 0 Å². The molecule has 0 unspecified atom stereocenters. The summed E-state index contributed by atoms with van der Waals surface area (Å²) >= 11 is 0. The number of carboxylic acids is 1. The van der Waals surface area contributed by atoms with Gasteiger partial charge in [0.1, 0.15) is 0 Å². The van der Waals surface area contributed by atoms with Gasteiger partial charge in [-0.05, 0) is 12.8 Å². The number of unbranched alkanes of at least 4 members (excludes halogenated alkanes) is 18. The summed E-state index contributed by atoms with van der Waals surface area (Å²) in [4.78, 5) is 10.3. The molecule has 0 heterocycles. The molecule has 0 aromatic heterocycles. The van der Waals surface area contributed by atoms with E-state index in [0.29, 0.717) is 0 Å². The Kier molecular flexibility index (Phi) is 26.3. The summed E-state index contributed by atoms with van der Waals surface area (Å²) in [6.45, 7) is 2.28. The SMILES string of the molecule is CCCCCCCCCCCCCCCCCCCCCC(=O)[O-].[Li+]. The third-order valence-electron chi connectivity index (χ3n) is 4.98. The van der Waals surface area contributed by atoms with Crippen LogP contribution in [0.5, 0.6) is 0 Å². The third-order valence-corrected chi connectivity index (χ3v) is 4.98. The first kappa shape index (κ1) is 27.3. The third kappa shape index (κ3) is 26.4. The van der Waals surface area contributed by atoms with E-state index < -0.39 is 5.97 Å². The normalized spacial score (nSPS) is 10.6. The molecule has 0 spiro atoms. The molecule has 0 N–H and O–H groups in total.